The van der Waals surface area contributed by atoms with Crippen LogP contribution in [0.4, 0.5) is 4.79 Å². The fraction of sp³-hybridized carbons (Fsp3) is 0.889. The highest BCUT2D eigenvalue weighted by atomic mass is 16.5. The Bertz CT molecular complexity index is 210. The lowest BCUT2D eigenvalue weighted by Crippen LogP contribution is -2.37. The van der Waals surface area contributed by atoms with Crippen molar-refractivity contribution in [1.29, 1.82) is 0 Å². The molecule has 1 rings (SSSR count). The Morgan fingerprint density at radius 1 is 1.71 bits per heavy atom. The summed E-state index contributed by atoms with van der Waals surface area (Å²) in [4.78, 5) is 12.9. The number of amides is 1. The number of carbonyl (C=O) groups excluding carboxylic acids is 1. The molecule has 1 aliphatic rings. The molecule has 0 spiro atoms. The Morgan fingerprint density at radius 2 is 2.43 bits per heavy atom. The number of hydrogen-bond acceptors (Lipinski definition) is 4. The monoisotopic (exact) mass is 202 g/mol. The van der Waals surface area contributed by atoms with Gasteiger partial charge < -0.3 is 20.5 Å². The molecule has 0 saturated carbocycles. The topological polar surface area (TPSA) is 75.8 Å². The molecule has 0 aliphatic carbocycles. The quantitative estimate of drug-likeness (QED) is 0.663. The molecular formula is C9H18N2O3. The van der Waals surface area contributed by atoms with E-state index in [1.165, 1.54) is 7.11 Å². The van der Waals surface area contributed by atoms with Crippen LogP contribution in [0.2, 0.25) is 0 Å². The normalized spacial score (nSPS) is 26.6. The van der Waals surface area contributed by atoms with Crippen LogP contribution in [0.15, 0.2) is 0 Å². The molecule has 82 valence electrons. The number of aliphatic hydroxyl groups excluding tert-OH is 1. The molecule has 1 saturated heterocycles. The van der Waals surface area contributed by atoms with Crippen LogP contribution in [0, 0.1) is 5.41 Å². The fourth-order valence-electron chi connectivity index (χ4n) is 1.93. The highest BCUT2D eigenvalue weighted by Crippen LogP contribution is 2.32. The molecule has 14 heavy (non-hydrogen) atoms. The van der Waals surface area contributed by atoms with Crippen LogP contribution in [0.1, 0.15) is 12.8 Å². The third-order valence-corrected chi connectivity index (χ3v) is 2.95. The van der Waals surface area contributed by atoms with Gasteiger partial charge in [-0.15, -0.1) is 0 Å². The van der Waals surface area contributed by atoms with E-state index < -0.39 is 0 Å². The summed E-state index contributed by atoms with van der Waals surface area (Å²) in [7, 11) is 1.37. The zero-order chi connectivity index (χ0) is 10.6. The molecule has 0 aromatic rings. The van der Waals surface area contributed by atoms with Crippen LogP contribution in [0.3, 0.4) is 0 Å². The number of nitrogens with two attached hydrogens (primary N) is 1. The first-order valence-corrected chi connectivity index (χ1v) is 4.81. The van der Waals surface area contributed by atoms with Crippen LogP contribution < -0.4 is 5.73 Å². The van der Waals surface area contributed by atoms with Gasteiger partial charge in [0.1, 0.15) is 0 Å². The summed E-state index contributed by atoms with van der Waals surface area (Å²) < 4.78 is 4.63. The molecule has 0 bridgehead atoms. The van der Waals surface area contributed by atoms with Gasteiger partial charge in [-0.3, -0.25) is 0 Å². The van der Waals surface area contributed by atoms with Gasteiger partial charge in [0.05, 0.1) is 7.11 Å². The Hall–Kier alpha value is -0.810. The number of carbonyl (C=O) groups is 1. The third-order valence-electron chi connectivity index (χ3n) is 2.95. The van der Waals surface area contributed by atoms with Crippen LogP contribution in [-0.2, 0) is 4.74 Å². The number of methoxy groups -OCH3 is 1. The standard InChI is InChI=1S/C9H18N2O3/c1-14-8(13)11-4-2-9(6-10,7-11)3-5-12/h12H,2-7,10H2,1H3. The van der Waals surface area contributed by atoms with E-state index in [4.69, 9.17) is 10.8 Å². The van der Waals surface area contributed by atoms with E-state index in [1.807, 2.05) is 0 Å². The minimum Gasteiger partial charge on any atom is -0.453 e. The molecule has 5 heteroatoms. The third kappa shape index (κ3) is 2.16. The van der Waals surface area contributed by atoms with Gasteiger partial charge in [-0.1, -0.05) is 0 Å². The van der Waals surface area contributed by atoms with Crippen molar-refractivity contribution in [2.75, 3.05) is 33.4 Å². The predicted molar refractivity (Wildman–Crippen MR) is 51.8 cm³/mol. The van der Waals surface area contributed by atoms with Gasteiger partial charge in [-0.25, -0.2) is 4.79 Å². The lowest BCUT2D eigenvalue weighted by molar-refractivity contribution is 0.123. The van der Waals surface area contributed by atoms with E-state index in [9.17, 15) is 4.79 Å². The SMILES string of the molecule is COC(=O)N1CCC(CN)(CCO)C1. The number of hydrogen-bond donors (Lipinski definition) is 2. The van der Waals surface area contributed by atoms with Crippen LogP contribution in [0.25, 0.3) is 0 Å². The van der Waals surface area contributed by atoms with Crippen molar-refractivity contribution in [3.05, 3.63) is 0 Å². The Labute approximate surface area is 83.8 Å². The van der Waals surface area contributed by atoms with E-state index in [0.29, 0.717) is 26.1 Å². The van der Waals surface area contributed by atoms with E-state index in [-0.39, 0.29) is 18.1 Å². The molecule has 0 aromatic heterocycles. The smallest absolute Gasteiger partial charge is 0.409 e. The van der Waals surface area contributed by atoms with Gasteiger partial charge in [0, 0.05) is 25.1 Å². The number of ether oxygens (including phenoxy) is 1. The minimum atomic E-state index is -0.307. The first kappa shape index (κ1) is 11.3. The summed E-state index contributed by atoms with van der Waals surface area (Å²) in [5.41, 5.74) is 5.56. The van der Waals surface area contributed by atoms with Crippen molar-refractivity contribution >= 4 is 6.09 Å². The summed E-state index contributed by atoms with van der Waals surface area (Å²) in [5, 5.41) is 8.91. The first-order chi connectivity index (χ1) is 6.67. The molecule has 1 unspecified atom stereocenters. The fourth-order valence-corrected chi connectivity index (χ4v) is 1.93. The molecule has 0 aromatic carbocycles. The molecular weight excluding hydrogens is 184 g/mol. The first-order valence-electron chi connectivity index (χ1n) is 4.81. The highest BCUT2D eigenvalue weighted by Gasteiger charge is 2.38. The van der Waals surface area contributed by atoms with Gasteiger partial charge in [0.25, 0.3) is 0 Å². The number of rotatable bonds is 3. The van der Waals surface area contributed by atoms with Crippen molar-refractivity contribution in [3.8, 4) is 0 Å². The predicted octanol–water partition coefficient (Wildman–Crippen LogP) is -0.214. The summed E-state index contributed by atoms with van der Waals surface area (Å²) in [5.74, 6) is 0. The van der Waals surface area contributed by atoms with Crippen molar-refractivity contribution in [1.82, 2.24) is 4.90 Å². The summed E-state index contributed by atoms with van der Waals surface area (Å²) in [6.45, 7) is 1.88. The molecule has 1 fully saturated rings. The van der Waals surface area contributed by atoms with Crippen molar-refractivity contribution in [2.24, 2.45) is 11.1 Å². The molecule has 1 atom stereocenters. The molecule has 3 N–H and O–H groups in total. The van der Waals surface area contributed by atoms with Crippen LogP contribution in [0.5, 0.6) is 0 Å². The summed E-state index contributed by atoms with van der Waals surface area (Å²) in [6, 6.07) is 0. The average molecular weight is 202 g/mol. The summed E-state index contributed by atoms with van der Waals surface area (Å²) >= 11 is 0. The van der Waals surface area contributed by atoms with E-state index >= 15 is 0 Å². The van der Waals surface area contributed by atoms with Crippen molar-refractivity contribution in [2.45, 2.75) is 12.8 Å². The number of likely N-dealkylation sites (tertiary alicyclic amines) is 1. The second-order valence-corrected chi connectivity index (χ2v) is 3.82. The lowest BCUT2D eigenvalue weighted by atomic mass is 9.84. The van der Waals surface area contributed by atoms with Gasteiger partial charge in [-0.2, -0.15) is 0 Å². The largest absolute Gasteiger partial charge is 0.453 e. The van der Waals surface area contributed by atoms with E-state index in [0.717, 1.165) is 6.42 Å². The Balaban J connectivity index is 2.56. The van der Waals surface area contributed by atoms with Crippen LogP contribution in [-0.4, -0.2) is 49.5 Å². The second-order valence-electron chi connectivity index (χ2n) is 3.82. The van der Waals surface area contributed by atoms with Crippen LogP contribution >= 0.6 is 0 Å². The Kier molecular flexibility index (Phi) is 3.71. The molecule has 1 aliphatic heterocycles. The number of nitrogens with zero attached hydrogens (tertiary/aromatic N) is 1. The minimum absolute atomic E-state index is 0.108. The van der Waals surface area contributed by atoms with Crippen molar-refractivity contribution in [3.63, 3.8) is 0 Å². The maximum atomic E-state index is 11.2. The van der Waals surface area contributed by atoms with Gasteiger partial charge in [0.15, 0.2) is 0 Å². The molecule has 0 radical (unpaired) electrons. The zero-order valence-electron chi connectivity index (χ0n) is 8.53. The zero-order valence-corrected chi connectivity index (χ0v) is 8.53. The Morgan fingerprint density at radius 3 is 2.93 bits per heavy atom. The van der Waals surface area contributed by atoms with Gasteiger partial charge in [-0.05, 0) is 19.4 Å². The lowest BCUT2D eigenvalue weighted by Gasteiger charge is -2.26. The summed E-state index contributed by atoms with van der Waals surface area (Å²) in [6.07, 6.45) is 1.19. The number of aliphatic hydroxyl groups is 1. The second kappa shape index (κ2) is 4.61. The molecule has 1 amide bonds. The maximum absolute atomic E-state index is 11.2. The van der Waals surface area contributed by atoms with Crippen molar-refractivity contribution < 1.29 is 14.6 Å². The molecule has 1 heterocycles. The molecule has 5 nitrogen and oxygen atoms in total. The van der Waals surface area contributed by atoms with E-state index in [2.05, 4.69) is 4.74 Å². The maximum Gasteiger partial charge on any atom is 0.409 e. The van der Waals surface area contributed by atoms with E-state index in [1.54, 1.807) is 4.90 Å². The highest BCUT2D eigenvalue weighted by molar-refractivity contribution is 5.67. The van der Waals surface area contributed by atoms with Gasteiger partial charge in [0.2, 0.25) is 0 Å². The van der Waals surface area contributed by atoms with Gasteiger partial charge >= 0.3 is 6.09 Å². The average Bonchev–Trinajstić information content (AvgIpc) is 2.62.